The molecule has 80 valence electrons. The van der Waals surface area contributed by atoms with Gasteiger partial charge >= 0.3 is 13.0 Å². The Morgan fingerprint density at radius 2 is 1.54 bits per heavy atom. The van der Waals surface area contributed by atoms with E-state index in [2.05, 4.69) is 0 Å². The van der Waals surface area contributed by atoms with Gasteiger partial charge in [0.1, 0.15) is 7.94 Å². The molecular formula is C3H10NO7P2-. The van der Waals surface area contributed by atoms with E-state index in [1.807, 2.05) is 0 Å². The fourth-order valence-corrected chi connectivity index (χ4v) is 2.79. The van der Waals surface area contributed by atoms with Gasteiger partial charge in [-0.1, -0.05) is 0 Å². The van der Waals surface area contributed by atoms with Crippen molar-refractivity contribution in [2.75, 3.05) is 6.54 Å². The van der Waals surface area contributed by atoms with E-state index in [1.54, 1.807) is 0 Å². The van der Waals surface area contributed by atoms with E-state index in [4.69, 9.17) is 25.5 Å². The molecule has 0 aromatic carbocycles. The van der Waals surface area contributed by atoms with E-state index in [1.165, 1.54) is 0 Å². The fourth-order valence-electron chi connectivity index (χ4n) is 0.645. The maximum absolute atomic E-state index is 10.5. The van der Waals surface area contributed by atoms with Gasteiger partial charge in [0.15, 0.2) is 0 Å². The fraction of sp³-hybridized carbons (Fsp3) is 1.00. The molecule has 0 radical (unpaired) electrons. The third-order valence-electron chi connectivity index (χ3n) is 1.40. The average Bonchev–Trinajstić information content (AvgIpc) is 1.82. The van der Waals surface area contributed by atoms with Gasteiger partial charge in [0.2, 0.25) is 0 Å². The molecule has 0 saturated carbocycles. The molecule has 0 heterocycles. The number of rotatable bonds is 4. The van der Waals surface area contributed by atoms with Gasteiger partial charge in [-0.05, 0) is 0 Å². The van der Waals surface area contributed by atoms with Crippen molar-refractivity contribution in [2.24, 2.45) is 5.73 Å². The van der Waals surface area contributed by atoms with E-state index in [9.17, 15) is 14.7 Å². The predicted molar refractivity (Wildman–Crippen MR) is 39.1 cm³/mol. The minimum Gasteiger partial charge on any atom is -0.654 e. The van der Waals surface area contributed by atoms with E-state index in [0.29, 0.717) is 0 Å². The molecule has 0 saturated heterocycles. The highest BCUT2D eigenvalue weighted by Crippen LogP contribution is 2.70. The second-order valence-corrected chi connectivity index (χ2v) is 6.34. The van der Waals surface area contributed by atoms with E-state index < -0.39 is 33.9 Å². The maximum Gasteiger partial charge on any atom is 0.341 e. The molecule has 13 heavy (non-hydrogen) atoms. The molecule has 0 aliphatic rings. The molecule has 0 bridgehead atoms. The van der Waals surface area contributed by atoms with Crippen LogP contribution in [0, 0.1) is 0 Å². The van der Waals surface area contributed by atoms with Crippen molar-refractivity contribution in [1.82, 2.24) is 0 Å². The van der Waals surface area contributed by atoms with Gasteiger partial charge in [-0.15, -0.1) is 0 Å². The molecule has 0 aromatic rings. The first-order valence-electron chi connectivity index (χ1n) is 3.08. The van der Waals surface area contributed by atoms with Gasteiger partial charge in [0.25, 0.3) is 0 Å². The molecule has 0 fully saturated rings. The Bertz CT molecular complexity index is 160. The normalized spacial score (nSPS) is 18.5. The smallest absolute Gasteiger partial charge is 0.341 e. The third-order valence-corrected chi connectivity index (χ3v) is 5.22. The second-order valence-electron chi connectivity index (χ2n) is 2.38. The van der Waals surface area contributed by atoms with Crippen molar-refractivity contribution in [2.45, 2.75) is 11.5 Å². The zero-order valence-corrected chi connectivity index (χ0v) is 8.19. The van der Waals surface area contributed by atoms with Crippen LogP contribution in [-0.2, 0) is 0 Å². The topological polar surface area (TPSA) is 176 Å². The minimum atomic E-state index is -5.56. The Morgan fingerprint density at radius 1 is 1.15 bits per heavy atom. The summed E-state index contributed by atoms with van der Waals surface area (Å²) in [6.45, 7) is -0.492. The highest BCUT2D eigenvalue weighted by molar-refractivity contribution is 7.76. The number of aliphatic hydroxyl groups is 1. The second kappa shape index (κ2) is 3.96. The zero-order chi connectivity index (χ0) is 10.9. The minimum absolute atomic E-state index is 0.492. The van der Waals surface area contributed by atoms with Gasteiger partial charge in [-0.25, -0.2) is 9.79 Å². The van der Waals surface area contributed by atoms with Crippen LogP contribution in [-0.4, -0.2) is 31.4 Å². The van der Waals surface area contributed by atoms with Crippen LogP contribution in [0.5, 0.6) is 0 Å². The number of nitrogens with two attached hydrogens (primary N) is 1. The van der Waals surface area contributed by atoms with Crippen molar-refractivity contribution in [3.05, 3.63) is 0 Å². The highest BCUT2D eigenvalue weighted by Gasteiger charge is 2.61. The average molecular weight is 234 g/mol. The lowest BCUT2D eigenvalue weighted by Crippen LogP contribution is -2.49. The summed E-state index contributed by atoms with van der Waals surface area (Å²) >= 11 is 0. The molecule has 1 atom stereocenters. The predicted octanol–water partition coefficient (Wildman–Crippen LogP) is -4.44. The lowest BCUT2D eigenvalue weighted by Gasteiger charge is -2.43. The zero-order valence-electron chi connectivity index (χ0n) is 6.40. The molecule has 0 spiro atoms. The summed E-state index contributed by atoms with van der Waals surface area (Å²) in [5.41, 5.74) is 4.83. The van der Waals surface area contributed by atoms with Crippen LogP contribution in [0.15, 0.2) is 0 Å². The van der Waals surface area contributed by atoms with Crippen LogP contribution in [0.2, 0.25) is 0 Å². The van der Waals surface area contributed by atoms with Gasteiger partial charge < -0.3 is 25.5 Å². The summed E-state index contributed by atoms with van der Waals surface area (Å²) in [5.74, 6) is 0. The first-order chi connectivity index (χ1) is 5.56. The molecule has 8 nitrogen and oxygen atoms in total. The summed E-state index contributed by atoms with van der Waals surface area (Å²) in [6, 6.07) is 0. The molecular weight excluding hydrogens is 224 g/mol. The summed E-state index contributed by atoms with van der Waals surface area (Å²) in [5, 5.41) is 5.54. The molecule has 0 aromatic heterocycles. The molecule has 0 amide bonds. The summed E-state index contributed by atoms with van der Waals surface area (Å²) in [7, 11) is -10.9. The van der Waals surface area contributed by atoms with Crippen molar-refractivity contribution < 1.29 is 34.5 Å². The molecule has 0 aliphatic carbocycles. The summed E-state index contributed by atoms with van der Waals surface area (Å²) in [6.07, 6.45) is -0.936. The van der Waals surface area contributed by atoms with Crippen LogP contribution in [0.1, 0.15) is 6.42 Å². The molecule has 0 aliphatic heterocycles. The van der Waals surface area contributed by atoms with Crippen molar-refractivity contribution in [3.63, 3.8) is 0 Å². The Kier molecular flexibility index (Phi) is 4.12. The number of hydrogen-bond donors (Lipinski definition) is 5. The van der Waals surface area contributed by atoms with Crippen LogP contribution in [0.3, 0.4) is 0 Å². The lowest BCUT2D eigenvalue weighted by atomic mass is 10.5. The maximum atomic E-state index is 10.5. The van der Waals surface area contributed by atoms with Gasteiger partial charge in [-0.2, -0.15) is 0 Å². The first-order valence-corrected chi connectivity index (χ1v) is 6.27. The summed E-state index contributed by atoms with van der Waals surface area (Å²) < 4.78 is 0. The van der Waals surface area contributed by atoms with Gasteiger partial charge in [0, 0.05) is 6.54 Å². The summed E-state index contributed by atoms with van der Waals surface area (Å²) in [4.78, 5) is 56.9. The van der Waals surface area contributed by atoms with Crippen LogP contribution in [0.25, 0.3) is 0 Å². The van der Waals surface area contributed by atoms with Crippen LogP contribution in [0.4, 0.5) is 0 Å². The standard InChI is InChI=1S/C3H11NO7P2/c4-2-1-3(5,12(6,7)8)13(9,10)11/h5H,1-2,4H2,(H2,6,7,8)(H2,9,10,11)/p-1. The third kappa shape index (κ3) is 2.74. The van der Waals surface area contributed by atoms with Crippen LogP contribution < -0.4 is 20.4 Å². The Balaban J connectivity index is 4.96. The first kappa shape index (κ1) is 13.5. The van der Waals surface area contributed by atoms with Crippen molar-refractivity contribution in [3.8, 4) is 0 Å². The molecule has 1 unspecified atom stereocenters. The van der Waals surface area contributed by atoms with E-state index in [0.717, 1.165) is 0 Å². The largest absolute Gasteiger partial charge is 0.654 e. The lowest BCUT2D eigenvalue weighted by molar-refractivity contribution is -0.347. The van der Waals surface area contributed by atoms with E-state index in [-0.39, 0.29) is 0 Å². The molecule has 0 rings (SSSR count). The SMILES string of the molecule is NCCC(O)([P+]([O-])([O-])O)[P+]([O-])(O)O. The van der Waals surface area contributed by atoms with Crippen molar-refractivity contribution in [1.29, 1.82) is 0 Å². The Hall–Kier alpha value is 0.540. The molecule has 6 N–H and O–H groups in total. The van der Waals surface area contributed by atoms with E-state index >= 15 is 0 Å². The quantitative estimate of drug-likeness (QED) is 0.302. The Labute approximate surface area is 75.1 Å². The monoisotopic (exact) mass is 234 g/mol. The van der Waals surface area contributed by atoms with Gasteiger partial charge in [-0.3, -0.25) is 4.89 Å². The molecule has 10 heteroatoms. The van der Waals surface area contributed by atoms with Gasteiger partial charge in [0.05, 0.1) is 6.42 Å². The number of hydrogen-bond acceptors (Lipinski definition) is 8. The van der Waals surface area contributed by atoms with Crippen molar-refractivity contribution >= 4 is 15.9 Å². The highest BCUT2D eigenvalue weighted by atomic mass is 31.3. The van der Waals surface area contributed by atoms with Crippen LogP contribution >= 0.6 is 15.9 Å². The Morgan fingerprint density at radius 3 is 1.62 bits per heavy atom.